The number of nitrogens with one attached hydrogen (secondary N) is 2. The molecule has 0 amide bonds. The summed E-state index contributed by atoms with van der Waals surface area (Å²) < 4.78 is 1.81. The Balaban J connectivity index is 1.60. The highest BCUT2D eigenvalue weighted by Gasteiger charge is 2.19. The van der Waals surface area contributed by atoms with Gasteiger partial charge in [0.25, 0.3) is 0 Å². The fraction of sp³-hybridized carbons (Fsp3) is 0.400. The first-order chi connectivity index (χ1) is 13.1. The van der Waals surface area contributed by atoms with Gasteiger partial charge in [-0.1, -0.05) is 6.07 Å². The van der Waals surface area contributed by atoms with Gasteiger partial charge in [-0.2, -0.15) is 0 Å². The standard InChI is InChI=1S/C20H27N7/c1-26(2)17-5-3-4-16(12-17)23-18-13-19(25-27-11-10-22-20(18)27)24-15-8-6-14(21)7-9-15/h3-5,10-15,23H,6-9,21H2,1-2H3,(H,24,25). The van der Waals surface area contributed by atoms with Gasteiger partial charge in [-0.25, -0.2) is 9.50 Å². The molecular formula is C20H27N7. The van der Waals surface area contributed by atoms with Gasteiger partial charge >= 0.3 is 0 Å². The van der Waals surface area contributed by atoms with E-state index in [1.165, 1.54) is 0 Å². The molecule has 0 aliphatic heterocycles. The average Bonchev–Trinajstić information content (AvgIpc) is 3.13. The lowest BCUT2D eigenvalue weighted by Crippen LogP contribution is -2.33. The van der Waals surface area contributed by atoms with Crippen LogP contribution in [0.25, 0.3) is 5.65 Å². The third-order valence-corrected chi connectivity index (χ3v) is 5.12. The number of nitrogens with two attached hydrogens (primary N) is 1. The summed E-state index contributed by atoms with van der Waals surface area (Å²) >= 11 is 0. The Labute approximate surface area is 159 Å². The maximum absolute atomic E-state index is 6.03. The maximum Gasteiger partial charge on any atom is 0.177 e. The zero-order valence-electron chi connectivity index (χ0n) is 15.9. The second-order valence-electron chi connectivity index (χ2n) is 7.46. The molecule has 0 saturated heterocycles. The highest BCUT2D eigenvalue weighted by molar-refractivity contribution is 5.77. The fourth-order valence-electron chi connectivity index (χ4n) is 3.57. The molecule has 1 fully saturated rings. The summed E-state index contributed by atoms with van der Waals surface area (Å²) in [6, 6.07) is 11.1. The zero-order chi connectivity index (χ0) is 18.8. The first kappa shape index (κ1) is 17.6. The van der Waals surface area contributed by atoms with Gasteiger partial charge in [0.1, 0.15) is 5.82 Å². The van der Waals surface area contributed by atoms with E-state index in [2.05, 4.69) is 43.8 Å². The van der Waals surface area contributed by atoms with E-state index in [0.29, 0.717) is 12.1 Å². The van der Waals surface area contributed by atoms with Crippen molar-refractivity contribution in [3.05, 3.63) is 42.7 Å². The summed E-state index contributed by atoms with van der Waals surface area (Å²) in [4.78, 5) is 6.54. The molecule has 1 aliphatic carbocycles. The molecule has 0 bridgehead atoms. The number of nitrogens with zero attached hydrogens (tertiary/aromatic N) is 4. The van der Waals surface area contributed by atoms with Crippen LogP contribution in [-0.4, -0.2) is 40.8 Å². The molecule has 1 saturated carbocycles. The Morgan fingerprint density at radius 1 is 1.15 bits per heavy atom. The molecule has 0 radical (unpaired) electrons. The van der Waals surface area contributed by atoms with Crippen LogP contribution in [0.5, 0.6) is 0 Å². The number of aromatic nitrogens is 3. The molecule has 1 aliphatic rings. The minimum atomic E-state index is 0.341. The van der Waals surface area contributed by atoms with Crippen molar-refractivity contribution in [3.8, 4) is 0 Å². The van der Waals surface area contributed by atoms with Crippen molar-refractivity contribution in [3.63, 3.8) is 0 Å². The second-order valence-corrected chi connectivity index (χ2v) is 7.46. The van der Waals surface area contributed by atoms with E-state index in [0.717, 1.165) is 54.2 Å². The van der Waals surface area contributed by atoms with Gasteiger partial charge in [-0.3, -0.25) is 0 Å². The van der Waals surface area contributed by atoms with E-state index < -0.39 is 0 Å². The lowest BCUT2D eigenvalue weighted by Gasteiger charge is -2.27. The third kappa shape index (κ3) is 3.98. The predicted octanol–water partition coefficient (Wildman–Crippen LogP) is 3.22. The van der Waals surface area contributed by atoms with Crippen LogP contribution in [0.1, 0.15) is 25.7 Å². The number of hydrogen-bond acceptors (Lipinski definition) is 6. The van der Waals surface area contributed by atoms with Gasteiger partial charge < -0.3 is 21.3 Å². The van der Waals surface area contributed by atoms with Crippen molar-refractivity contribution in [2.45, 2.75) is 37.8 Å². The Kier molecular flexibility index (Phi) is 4.85. The van der Waals surface area contributed by atoms with Crippen LogP contribution in [-0.2, 0) is 0 Å². The first-order valence-electron chi connectivity index (χ1n) is 9.49. The number of anilines is 4. The van der Waals surface area contributed by atoms with Gasteiger partial charge in [0.2, 0.25) is 0 Å². The molecule has 142 valence electrons. The van der Waals surface area contributed by atoms with E-state index >= 15 is 0 Å². The smallest absolute Gasteiger partial charge is 0.177 e. The van der Waals surface area contributed by atoms with E-state index in [9.17, 15) is 0 Å². The molecule has 0 atom stereocenters. The number of fused-ring (bicyclic) bond motifs is 1. The summed E-state index contributed by atoms with van der Waals surface area (Å²) in [6.45, 7) is 0. The monoisotopic (exact) mass is 365 g/mol. The van der Waals surface area contributed by atoms with E-state index in [4.69, 9.17) is 5.73 Å². The summed E-state index contributed by atoms with van der Waals surface area (Å²) in [5.41, 5.74) is 9.93. The SMILES string of the molecule is CN(C)c1cccc(Nc2cc(NC3CCC(N)CC3)nn3ccnc23)c1. The molecule has 7 heteroatoms. The number of rotatable bonds is 5. The Morgan fingerprint density at radius 2 is 1.96 bits per heavy atom. The lowest BCUT2D eigenvalue weighted by atomic mass is 9.92. The molecule has 2 heterocycles. The zero-order valence-corrected chi connectivity index (χ0v) is 15.9. The molecule has 4 N–H and O–H groups in total. The summed E-state index contributed by atoms with van der Waals surface area (Å²) in [7, 11) is 4.08. The molecule has 1 aromatic carbocycles. The molecule has 2 aromatic heterocycles. The Morgan fingerprint density at radius 3 is 2.74 bits per heavy atom. The van der Waals surface area contributed by atoms with Gasteiger partial charge in [0.15, 0.2) is 5.65 Å². The predicted molar refractivity (Wildman–Crippen MR) is 111 cm³/mol. The number of benzene rings is 1. The van der Waals surface area contributed by atoms with Crippen LogP contribution in [0, 0.1) is 0 Å². The van der Waals surface area contributed by atoms with E-state index in [1.807, 2.05) is 36.9 Å². The van der Waals surface area contributed by atoms with Crippen LogP contribution in [0.3, 0.4) is 0 Å². The number of hydrogen-bond donors (Lipinski definition) is 3. The fourth-order valence-corrected chi connectivity index (χ4v) is 3.57. The Hall–Kier alpha value is -2.80. The first-order valence-corrected chi connectivity index (χ1v) is 9.49. The quantitative estimate of drug-likeness (QED) is 0.644. The highest BCUT2D eigenvalue weighted by Crippen LogP contribution is 2.27. The van der Waals surface area contributed by atoms with Crippen molar-refractivity contribution in [2.75, 3.05) is 29.6 Å². The van der Waals surface area contributed by atoms with Crippen molar-refractivity contribution in [1.82, 2.24) is 14.6 Å². The lowest BCUT2D eigenvalue weighted by molar-refractivity contribution is 0.410. The summed E-state index contributed by atoms with van der Waals surface area (Å²) in [5, 5.41) is 11.7. The minimum absolute atomic E-state index is 0.341. The summed E-state index contributed by atoms with van der Waals surface area (Å²) in [5.74, 6) is 0.854. The van der Waals surface area contributed by atoms with Gasteiger partial charge in [-0.15, -0.1) is 5.10 Å². The van der Waals surface area contributed by atoms with Crippen LogP contribution in [0.2, 0.25) is 0 Å². The molecular weight excluding hydrogens is 338 g/mol. The van der Waals surface area contributed by atoms with Crippen molar-refractivity contribution in [1.29, 1.82) is 0 Å². The van der Waals surface area contributed by atoms with Crippen molar-refractivity contribution < 1.29 is 0 Å². The van der Waals surface area contributed by atoms with Crippen LogP contribution in [0.15, 0.2) is 42.7 Å². The molecule has 0 spiro atoms. The van der Waals surface area contributed by atoms with E-state index in [1.54, 1.807) is 6.20 Å². The topological polar surface area (TPSA) is 83.5 Å². The summed E-state index contributed by atoms with van der Waals surface area (Å²) in [6.07, 6.45) is 7.93. The van der Waals surface area contributed by atoms with Crippen LogP contribution < -0.4 is 21.3 Å². The molecule has 27 heavy (non-hydrogen) atoms. The van der Waals surface area contributed by atoms with Gasteiger partial charge in [0.05, 0.1) is 5.69 Å². The van der Waals surface area contributed by atoms with Crippen LogP contribution >= 0.6 is 0 Å². The van der Waals surface area contributed by atoms with Gasteiger partial charge in [-0.05, 0) is 43.9 Å². The van der Waals surface area contributed by atoms with Crippen LogP contribution in [0.4, 0.5) is 22.9 Å². The molecule has 0 unspecified atom stereocenters. The number of imidazole rings is 1. The second kappa shape index (κ2) is 7.44. The van der Waals surface area contributed by atoms with Gasteiger partial charge in [0, 0.05) is 56.0 Å². The van der Waals surface area contributed by atoms with Crippen molar-refractivity contribution in [2.24, 2.45) is 5.73 Å². The van der Waals surface area contributed by atoms with E-state index in [-0.39, 0.29) is 0 Å². The maximum atomic E-state index is 6.03. The van der Waals surface area contributed by atoms with Crippen molar-refractivity contribution >= 4 is 28.5 Å². The Bertz CT molecular complexity index is 910. The third-order valence-electron chi connectivity index (χ3n) is 5.12. The molecule has 4 rings (SSSR count). The molecule has 7 nitrogen and oxygen atoms in total. The normalized spacial score (nSPS) is 19.8. The highest BCUT2D eigenvalue weighted by atomic mass is 15.3. The largest absolute Gasteiger partial charge is 0.378 e. The minimum Gasteiger partial charge on any atom is -0.378 e. The molecule has 3 aromatic rings. The average molecular weight is 365 g/mol.